The van der Waals surface area contributed by atoms with E-state index in [9.17, 15) is 38.4 Å². The SMILES string of the molecule is C1CCOC1.C1CCOCC1.CC.CC.CC.CC.CC.CC.CC.CC.CC.CC.O=C1C2CC3CC(C2)CC1C3.O=C1CC2CCC1C2.O=C1CCCCCO1.O=C1CCCCO1.O=C1CCCO1.O=C1OC2CC3CC1C2C3.O=C1OC2CCC1C2.O=C1OC2CCCC1C2. The molecule has 0 radical (unpaired) electrons. The number of cyclic esters (lactones) is 3. The summed E-state index contributed by atoms with van der Waals surface area (Å²) < 4.78 is 39.1. The zero-order valence-corrected chi connectivity index (χ0v) is 66.9. The van der Waals surface area contributed by atoms with Crippen molar-refractivity contribution in [1.82, 2.24) is 0 Å². The van der Waals surface area contributed by atoms with E-state index >= 15 is 0 Å². The van der Waals surface area contributed by atoms with Crippen LogP contribution >= 0.6 is 0 Å². The van der Waals surface area contributed by atoms with Crippen LogP contribution in [0.3, 0.4) is 0 Å². The van der Waals surface area contributed by atoms with Gasteiger partial charge >= 0.3 is 35.8 Å². The van der Waals surface area contributed by atoms with Crippen LogP contribution in [0.1, 0.15) is 350 Å². The van der Waals surface area contributed by atoms with E-state index in [0.29, 0.717) is 92.4 Å². The van der Waals surface area contributed by atoms with Crippen LogP contribution in [0, 0.1) is 65.1 Å². The number of carbonyl (C=O) groups excluding carboxylic acids is 8. The molecule has 18 rings (SSSR count). The summed E-state index contributed by atoms with van der Waals surface area (Å²) in [6.07, 6.45) is 37.6. The Bertz CT molecular complexity index is 1870. The number of ketones is 2. The third-order valence-corrected chi connectivity index (χ3v) is 19.0. The number of hydrogen-bond acceptors (Lipinski definition) is 16. The Hall–Kier alpha value is -3.92. The molecule has 10 aliphatic carbocycles. The Labute approximate surface area is 601 Å². The van der Waals surface area contributed by atoms with Crippen LogP contribution in [-0.4, -0.2) is 112 Å². The number of fused-ring (bicyclic) bond motifs is 7. The van der Waals surface area contributed by atoms with Gasteiger partial charge in [0.25, 0.3) is 0 Å². The largest absolute Gasteiger partial charge is 0.466 e. The molecule has 0 spiro atoms. The second kappa shape index (κ2) is 65.1. The van der Waals surface area contributed by atoms with Gasteiger partial charge in [0.05, 0.1) is 37.6 Å². The summed E-state index contributed by atoms with van der Waals surface area (Å²) in [6.45, 7) is 45.9. The van der Waals surface area contributed by atoms with Gasteiger partial charge in [0.2, 0.25) is 0 Å². The van der Waals surface area contributed by atoms with Crippen molar-refractivity contribution >= 4 is 47.4 Å². The minimum Gasteiger partial charge on any atom is -0.466 e. The van der Waals surface area contributed by atoms with Crippen molar-refractivity contribution in [3.8, 4) is 0 Å². The van der Waals surface area contributed by atoms with Gasteiger partial charge in [-0.05, 0) is 210 Å². The predicted molar refractivity (Wildman–Crippen MR) is 398 cm³/mol. The zero-order valence-electron chi connectivity index (χ0n) is 66.9. The van der Waals surface area contributed by atoms with Gasteiger partial charge in [-0.15, -0.1) is 0 Å². The molecular formula is C82H154O16. The molecule has 8 heterocycles. The van der Waals surface area contributed by atoms with Crippen LogP contribution in [0.15, 0.2) is 0 Å². The van der Waals surface area contributed by atoms with Crippen LogP contribution in [0.5, 0.6) is 0 Å². The molecule has 0 aromatic rings. The lowest BCUT2D eigenvalue weighted by molar-refractivity contribution is -0.148. The Morgan fingerprint density at radius 1 is 0.276 bits per heavy atom. The second-order valence-electron chi connectivity index (χ2n) is 25.1. The first kappa shape index (κ1) is 98.3. The molecule has 16 nitrogen and oxygen atoms in total. The summed E-state index contributed by atoms with van der Waals surface area (Å²) in [5.41, 5.74) is 0. The molecule has 578 valence electrons. The van der Waals surface area contributed by atoms with E-state index in [-0.39, 0.29) is 53.8 Å². The van der Waals surface area contributed by atoms with Gasteiger partial charge in [0.1, 0.15) is 29.9 Å². The first-order valence-corrected chi connectivity index (χ1v) is 41.2. The molecule has 18 aliphatic rings. The predicted octanol–water partition coefficient (Wildman–Crippen LogP) is 20.5. The number of rotatable bonds is 0. The first-order valence-electron chi connectivity index (χ1n) is 41.2. The maximum Gasteiger partial charge on any atom is 0.309 e. The molecule has 0 amide bonds. The third-order valence-electron chi connectivity index (χ3n) is 19.0. The molecule has 8 saturated heterocycles. The highest BCUT2D eigenvalue weighted by atomic mass is 16.6. The van der Waals surface area contributed by atoms with Crippen molar-refractivity contribution in [3.63, 3.8) is 0 Å². The summed E-state index contributed by atoms with van der Waals surface area (Å²) in [5, 5.41) is 0. The number of esters is 6. The van der Waals surface area contributed by atoms with Crippen LogP contribution in [0.2, 0.25) is 0 Å². The first-order chi connectivity index (χ1) is 47.9. The standard InChI is InChI=1S/C10H14O.C8H10O2.C7H10O2.C7H10O.C6H8O2.C6H10O2.C5H8O2.C5H10O.C4H6O2.C4H8O.10C2H6/c11-10-8-2-6-1-7(4-8)5-9(10)3-6;9-8-6-2-4-1-5(6)7(3-4)10-8;8-7-5-2-1-3-6(4-5)9-7;8-7-4-5-1-2-6(7)3-5;7-6-4-1-2-5(3-4)8-6;7-6-4-2-1-3-5-8-6;6-5-3-1-2-4-7-5;1-2-4-6-5-3-1;5-4-2-1-3-6-4;1-2-4-5-3-1;10*1-2/h6-9H,1-5H2;4-7H,1-3H2;5-6H,1-4H2;5-6H,1-4H2;4-5H,1-3H2;1-5H2;1-4H2;1-5H2;1-3H2;1-4H2;10*1-2H3. The van der Waals surface area contributed by atoms with Gasteiger partial charge in [-0.25, -0.2) is 0 Å². The van der Waals surface area contributed by atoms with E-state index in [1.807, 2.05) is 138 Å². The minimum atomic E-state index is -0.0463. The molecule has 12 bridgehead atoms. The average Bonchev–Trinajstić information content (AvgIpc) is 1.47. The fraction of sp³-hybridized carbons (Fsp3) is 0.902. The van der Waals surface area contributed by atoms with Gasteiger partial charge in [0, 0.05) is 75.8 Å². The zero-order chi connectivity index (χ0) is 74.6. The lowest BCUT2D eigenvalue weighted by Gasteiger charge is -2.48. The average molecular weight is 1400 g/mol. The van der Waals surface area contributed by atoms with Gasteiger partial charge in [0.15, 0.2) is 0 Å². The molecule has 10 unspecified atom stereocenters. The van der Waals surface area contributed by atoms with Crippen molar-refractivity contribution in [1.29, 1.82) is 0 Å². The number of Topliss-reactive ketones (excluding diaryl/α,β-unsaturated/α-hetero) is 2. The third kappa shape index (κ3) is 39.5. The van der Waals surface area contributed by atoms with Crippen LogP contribution < -0.4 is 0 Å². The Morgan fingerprint density at radius 3 is 0.980 bits per heavy atom. The Kier molecular flexibility index (Phi) is 65.3. The fourth-order valence-electron chi connectivity index (χ4n) is 14.9. The molecule has 0 N–H and O–H groups in total. The highest BCUT2D eigenvalue weighted by Gasteiger charge is 2.56. The molecular weight excluding hydrogens is 1240 g/mol. The summed E-state index contributed by atoms with van der Waals surface area (Å²) in [4.78, 5) is 85.6. The lowest BCUT2D eigenvalue weighted by Crippen LogP contribution is -2.45. The van der Waals surface area contributed by atoms with E-state index in [4.69, 9.17) is 28.4 Å². The van der Waals surface area contributed by atoms with Crippen molar-refractivity contribution in [2.45, 2.75) is 369 Å². The number of carbonyl (C=O) groups is 8. The van der Waals surface area contributed by atoms with Crippen molar-refractivity contribution in [2.24, 2.45) is 65.1 Å². The van der Waals surface area contributed by atoms with Crippen molar-refractivity contribution in [3.05, 3.63) is 0 Å². The summed E-state index contributed by atoms with van der Waals surface area (Å²) in [6, 6.07) is 0. The lowest BCUT2D eigenvalue weighted by atomic mass is 9.56. The fourth-order valence-corrected chi connectivity index (χ4v) is 14.9. The van der Waals surface area contributed by atoms with E-state index < -0.39 is 0 Å². The van der Waals surface area contributed by atoms with Gasteiger partial charge in [-0.2, -0.15) is 0 Å². The molecule has 16 heteroatoms. The van der Waals surface area contributed by atoms with E-state index in [1.54, 1.807) is 0 Å². The highest BCUT2D eigenvalue weighted by Crippen LogP contribution is 2.54. The highest BCUT2D eigenvalue weighted by molar-refractivity contribution is 5.85. The van der Waals surface area contributed by atoms with Gasteiger partial charge in [-0.1, -0.05) is 138 Å². The Morgan fingerprint density at radius 2 is 0.663 bits per heavy atom. The summed E-state index contributed by atoms with van der Waals surface area (Å²) in [7, 11) is 0. The summed E-state index contributed by atoms with van der Waals surface area (Å²) in [5.74, 6) is 7.74. The molecule has 10 atom stereocenters. The molecule has 98 heavy (non-hydrogen) atoms. The molecule has 8 aliphatic heterocycles. The van der Waals surface area contributed by atoms with E-state index in [2.05, 4.69) is 9.47 Å². The van der Waals surface area contributed by atoms with Crippen LogP contribution in [0.4, 0.5) is 0 Å². The van der Waals surface area contributed by atoms with Crippen LogP contribution in [0.25, 0.3) is 0 Å². The maximum atomic E-state index is 11.6. The maximum absolute atomic E-state index is 11.6. The molecule has 0 aromatic carbocycles. The molecule has 0 aromatic heterocycles. The smallest absolute Gasteiger partial charge is 0.309 e. The Balaban J connectivity index is -0.000001000. The van der Waals surface area contributed by atoms with E-state index in [0.717, 1.165) is 146 Å². The van der Waals surface area contributed by atoms with Crippen LogP contribution in [-0.2, 0) is 76.3 Å². The normalized spacial score (nSPS) is 30.4. The van der Waals surface area contributed by atoms with Crippen molar-refractivity contribution < 1.29 is 76.3 Å². The van der Waals surface area contributed by atoms with Gasteiger partial charge in [-0.3, -0.25) is 38.4 Å². The van der Waals surface area contributed by atoms with Gasteiger partial charge < -0.3 is 37.9 Å². The number of hydrogen-bond donors (Lipinski definition) is 0. The second-order valence-corrected chi connectivity index (χ2v) is 25.1. The topological polar surface area (TPSA) is 210 Å². The molecule has 18 fully saturated rings. The monoisotopic (exact) mass is 1400 g/mol. The van der Waals surface area contributed by atoms with E-state index in [1.165, 1.54) is 96.3 Å². The number of ether oxygens (including phenoxy) is 8. The van der Waals surface area contributed by atoms with Crippen molar-refractivity contribution in [2.75, 3.05) is 46.2 Å². The minimum absolute atomic E-state index is 0.0255. The quantitative estimate of drug-likeness (QED) is 0.163. The summed E-state index contributed by atoms with van der Waals surface area (Å²) >= 11 is 0. The molecule has 10 saturated carbocycles.